The molecule has 0 spiro atoms. The molecule has 108 valence electrons. The lowest BCUT2D eigenvalue weighted by molar-refractivity contribution is 0.0929. The molecule has 0 bridgehead atoms. The van der Waals surface area contributed by atoms with Crippen molar-refractivity contribution in [1.82, 2.24) is 5.32 Å². The van der Waals surface area contributed by atoms with Crippen LogP contribution in [0, 0.1) is 5.92 Å². The molecule has 0 fully saturated rings. The first-order valence-corrected chi connectivity index (χ1v) is 7.14. The Balaban J connectivity index is 2.25. The predicted molar refractivity (Wildman–Crippen MR) is 87.5 cm³/mol. The van der Waals surface area contributed by atoms with Gasteiger partial charge in [0.05, 0.1) is 6.04 Å². The first-order valence-electron chi connectivity index (χ1n) is 6.73. The average Bonchev–Trinajstić information content (AvgIpc) is 2.53. The number of rotatable bonds is 5. The molecule has 2 rings (SSSR count). The van der Waals surface area contributed by atoms with E-state index in [-0.39, 0.29) is 22.9 Å². The minimum Gasteiger partial charge on any atom is -0.502 e. The molecule has 2 aromatic carbocycles. The fraction of sp³-hybridized carbons (Fsp3) is 0.176. The van der Waals surface area contributed by atoms with E-state index >= 15 is 0 Å². The molecule has 4 heteroatoms. The molecule has 0 unspecified atom stereocenters. The normalized spacial score (nSPS) is 13.2. The lowest BCUT2D eigenvalue weighted by Gasteiger charge is -2.24. The van der Waals surface area contributed by atoms with Crippen molar-refractivity contribution >= 4 is 23.2 Å². The second-order valence-corrected chi connectivity index (χ2v) is 5.27. The van der Waals surface area contributed by atoms with E-state index in [9.17, 15) is 9.90 Å². The number of benzene rings is 2. The zero-order chi connectivity index (χ0) is 15.2. The Kier molecular flexibility index (Phi) is 5.06. The summed E-state index contributed by atoms with van der Waals surface area (Å²) in [5.41, 5.74) is 1.49. The molecule has 2 atom stereocenters. The van der Waals surface area contributed by atoms with Gasteiger partial charge in [0.15, 0.2) is 5.05 Å². The van der Waals surface area contributed by atoms with Crippen LogP contribution >= 0.6 is 12.2 Å². The summed E-state index contributed by atoms with van der Waals surface area (Å²) in [6, 6.07) is 18.1. The van der Waals surface area contributed by atoms with Crippen molar-refractivity contribution in [2.75, 3.05) is 0 Å². The molecule has 0 saturated heterocycles. The highest BCUT2D eigenvalue weighted by Gasteiger charge is 2.24. The van der Waals surface area contributed by atoms with Gasteiger partial charge in [-0.3, -0.25) is 4.79 Å². The molecule has 0 aliphatic heterocycles. The molecule has 0 aromatic heterocycles. The second kappa shape index (κ2) is 6.99. The highest BCUT2D eigenvalue weighted by atomic mass is 32.1. The van der Waals surface area contributed by atoms with Crippen LogP contribution in [0.3, 0.4) is 0 Å². The smallest absolute Gasteiger partial charge is 0.251 e. The largest absolute Gasteiger partial charge is 0.502 e. The number of amides is 1. The minimum absolute atomic E-state index is 0.114. The Bertz CT molecular complexity index is 613. The van der Waals surface area contributed by atoms with Gasteiger partial charge in [-0.25, -0.2) is 0 Å². The van der Waals surface area contributed by atoms with Gasteiger partial charge in [0.1, 0.15) is 0 Å². The number of carbonyl (C=O) groups excluding carboxylic acids is 1. The minimum atomic E-state index is -0.364. The van der Waals surface area contributed by atoms with E-state index in [0.29, 0.717) is 5.56 Å². The van der Waals surface area contributed by atoms with Gasteiger partial charge in [-0.15, -0.1) is 0 Å². The molecule has 21 heavy (non-hydrogen) atoms. The molecular weight excluding hydrogens is 282 g/mol. The van der Waals surface area contributed by atoms with E-state index in [4.69, 9.17) is 12.2 Å². The molecule has 2 N–H and O–H groups in total. The summed E-state index contributed by atoms with van der Waals surface area (Å²) < 4.78 is 0. The second-order valence-electron chi connectivity index (χ2n) is 4.85. The van der Waals surface area contributed by atoms with Crippen LogP contribution in [0.25, 0.3) is 0 Å². The molecule has 3 nitrogen and oxygen atoms in total. The summed E-state index contributed by atoms with van der Waals surface area (Å²) in [6.07, 6.45) is 0. The van der Waals surface area contributed by atoms with Crippen LogP contribution in [0.5, 0.6) is 0 Å². The number of carbonyl (C=O) groups is 1. The van der Waals surface area contributed by atoms with Crippen molar-refractivity contribution in [1.29, 1.82) is 0 Å². The van der Waals surface area contributed by atoms with E-state index in [2.05, 4.69) is 5.32 Å². The van der Waals surface area contributed by atoms with Gasteiger partial charge in [-0.2, -0.15) is 0 Å². The number of hydrogen-bond acceptors (Lipinski definition) is 2. The maximum atomic E-state index is 12.3. The molecule has 2 aromatic rings. The Morgan fingerprint density at radius 2 is 1.57 bits per heavy atom. The summed E-state index contributed by atoms with van der Waals surface area (Å²) in [7, 11) is 0. The van der Waals surface area contributed by atoms with E-state index in [1.165, 1.54) is 0 Å². The van der Waals surface area contributed by atoms with E-state index in [1.807, 2.05) is 48.5 Å². The van der Waals surface area contributed by atoms with Crippen LogP contribution < -0.4 is 5.32 Å². The lowest BCUT2D eigenvalue weighted by atomic mass is 9.94. The van der Waals surface area contributed by atoms with Crippen LogP contribution in [0.1, 0.15) is 28.9 Å². The van der Waals surface area contributed by atoms with Gasteiger partial charge in [0.2, 0.25) is 0 Å². The third-order valence-electron chi connectivity index (χ3n) is 3.37. The molecule has 0 aliphatic carbocycles. The fourth-order valence-electron chi connectivity index (χ4n) is 2.11. The maximum absolute atomic E-state index is 12.3. The predicted octanol–water partition coefficient (Wildman–Crippen LogP) is 3.68. The summed E-state index contributed by atoms with van der Waals surface area (Å²) in [5.74, 6) is -0.539. The summed E-state index contributed by atoms with van der Waals surface area (Å²) >= 11 is 4.87. The topological polar surface area (TPSA) is 49.3 Å². The van der Waals surface area contributed by atoms with Crippen molar-refractivity contribution < 1.29 is 9.90 Å². The number of aliphatic hydroxyl groups is 1. The van der Waals surface area contributed by atoms with Gasteiger partial charge in [0.25, 0.3) is 5.91 Å². The zero-order valence-corrected chi connectivity index (χ0v) is 12.5. The number of aliphatic hydroxyl groups excluding tert-OH is 1. The SMILES string of the molecule is C[C@@H](C(O)=S)[C@H](NC(=O)c1ccccc1)c1ccccc1. The number of thiocarbonyl (C=S) groups is 1. The van der Waals surface area contributed by atoms with Gasteiger partial charge in [-0.05, 0) is 29.9 Å². The Hall–Kier alpha value is -2.20. The van der Waals surface area contributed by atoms with Crippen LogP contribution in [0.4, 0.5) is 0 Å². The molecule has 0 heterocycles. The van der Waals surface area contributed by atoms with Gasteiger partial charge in [0, 0.05) is 11.5 Å². The fourth-order valence-corrected chi connectivity index (χ4v) is 2.25. The Morgan fingerprint density at radius 1 is 1.05 bits per heavy atom. The lowest BCUT2D eigenvalue weighted by Crippen LogP contribution is -2.35. The third-order valence-corrected chi connectivity index (χ3v) is 3.74. The first-order chi connectivity index (χ1) is 10.1. The monoisotopic (exact) mass is 299 g/mol. The van der Waals surface area contributed by atoms with Gasteiger partial charge < -0.3 is 10.4 Å². The van der Waals surface area contributed by atoms with Crippen molar-refractivity contribution in [2.24, 2.45) is 5.92 Å². The van der Waals surface area contributed by atoms with Crippen molar-refractivity contribution in [3.63, 3.8) is 0 Å². The quantitative estimate of drug-likeness (QED) is 0.828. The summed E-state index contributed by atoms with van der Waals surface area (Å²) in [6.45, 7) is 1.80. The van der Waals surface area contributed by atoms with Crippen LogP contribution in [0.2, 0.25) is 0 Å². The third kappa shape index (κ3) is 3.89. The van der Waals surface area contributed by atoms with Crippen molar-refractivity contribution in [3.05, 3.63) is 71.8 Å². The van der Waals surface area contributed by atoms with Crippen LogP contribution in [0.15, 0.2) is 60.7 Å². The van der Waals surface area contributed by atoms with Crippen molar-refractivity contribution in [3.8, 4) is 0 Å². The van der Waals surface area contributed by atoms with Crippen LogP contribution in [-0.2, 0) is 0 Å². The average molecular weight is 299 g/mol. The number of hydrogen-bond donors (Lipinski definition) is 2. The molecule has 0 saturated carbocycles. The Labute approximate surface area is 129 Å². The summed E-state index contributed by atoms with van der Waals surface area (Å²) in [5, 5.41) is 12.4. The van der Waals surface area contributed by atoms with Crippen molar-refractivity contribution in [2.45, 2.75) is 13.0 Å². The summed E-state index contributed by atoms with van der Waals surface area (Å²) in [4.78, 5) is 12.3. The molecule has 0 radical (unpaired) electrons. The zero-order valence-electron chi connectivity index (χ0n) is 11.7. The van der Waals surface area contributed by atoms with Crippen LogP contribution in [-0.4, -0.2) is 16.1 Å². The molecular formula is C17H17NO2S. The van der Waals surface area contributed by atoms with E-state index < -0.39 is 0 Å². The first kappa shape index (κ1) is 15.2. The van der Waals surface area contributed by atoms with Gasteiger partial charge >= 0.3 is 0 Å². The molecule has 0 aliphatic rings. The highest BCUT2D eigenvalue weighted by molar-refractivity contribution is 7.80. The van der Waals surface area contributed by atoms with E-state index in [1.54, 1.807) is 19.1 Å². The van der Waals surface area contributed by atoms with E-state index in [0.717, 1.165) is 5.56 Å². The number of nitrogens with one attached hydrogen (secondary N) is 1. The molecule has 1 amide bonds. The Morgan fingerprint density at radius 3 is 2.10 bits per heavy atom. The van der Waals surface area contributed by atoms with Gasteiger partial charge in [-0.1, -0.05) is 55.5 Å². The maximum Gasteiger partial charge on any atom is 0.251 e. The standard InChI is InChI=1S/C17H17NO2S/c1-12(17(20)21)15(13-8-4-2-5-9-13)18-16(19)14-10-6-3-7-11-14/h2-12,15H,1H3,(H,18,19)(H,20,21)/t12-,15+/m1/s1. The highest BCUT2D eigenvalue weighted by Crippen LogP contribution is 2.23.